The van der Waals surface area contributed by atoms with E-state index in [9.17, 15) is 9.18 Å². The van der Waals surface area contributed by atoms with Crippen LogP contribution in [0.4, 0.5) is 9.18 Å². The Hall–Kier alpha value is -2.36. The highest BCUT2D eigenvalue weighted by molar-refractivity contribution is 5.69. The van der Waals surface area contributed by atoms with Gasteiger partial charge in [0.2, 0.25) is 0 Å². The number of hydrogen-bond acceptors (Lipinski definition) is 1. The average Bonchev–Trinajstić information content (AvgIpc) is 2.76. The first-order valence-corrected chi connectivity index (χ1v) is 8.61. The van der Waals surface area contributed by atoms with Gasteiger partial charge in [0.15, 0.2) is 0 Å². The van der Waals surface area contributed by atoms with Crippen molar-refractivity contribution in [3.05, 3.63) is 58.9 Å². The number of rotatable bonds is 3. The Balaban J connectivity index is 2.07. The van der Waals surface area contributed by atoms with Gasteiger partial charge in [0.25, 0.3) is 0 Å². The van der Waals surface area contributed by atoms with E-state index in [1.54, 1.807) is 0 Å². The third-order valence-corrected chi connectivity index (χ3v) is 5.10. The van der Waals surface area contributed by atoms with Crippen molar-refractivity contribution in [2.24, 2.45) is 5.41 Å². The summed E-state index contributed by atoms with van der Waals surface area (Å²) in [5, 5.41) is 11.7. The second-order valence-corrected chi connectivity index (χ2v) is 7.86. The van der Waals surface area contributed by atoms with Gasteiger partial charge in [-0.05, 0) is 52.1 Å². The second-order valence-electron chi connectivity index (χ2n) is 7.86. The van der Waals surface area contributed by atoms with Crippen molar-refractivity contribution in [2.75, 3.05) is 0 Å². The van der Waals surface area contributed by atoms with Crippen molar-refractivity contribution < 1.29 is 14.3 Å². The monoisotopic (exact) mass is 341 g/mol. The molecule has 0 spiro atoms. The van der Waals surface area contributed by atoms with Crippen molar-refractivity contribution in [3.8, 4) is 11.1 Å². The fourth-order valence-corrected chi connectivity index (χ4v) is 3.75. The maximum Gasteiger partial charge on any atom is 0.405 e. The van der Waals surface area contributed by atoms with Crippen LogP contribution < -0.4 is 5.32 Å². The predicted octanol–water partition coefficient (Wildman–Crippen LogP) is 5.51. The molecular formula is C21H24FNO2. The van der Waals surface area contributed by atoms with E-state index in [0.717, 1.165) is 16.7 Å². The van der Waals surface area contributed by atoms with Crippen LogP contribution in [0.2, 0.25) is 0 Å². The molecule has 2 aromatic carbocycles. The third-order valence-electron chi connectivity index (χ3n) is 5.10. The normalized spacial score (nSPS) is 18.2. The first-order chi connectivity index (χ1) is 11.7. The molecule has 0 fully saturated rings. The summed E-state index contributed by atoms with van der Waals surface area (Å²) in [7, 11) is 0. The Morgan fingerprint density at radius 2 is 2.00 bits per heavy atom. The van der Waals surface area contributed by atoms with Crippen molar-refractivity contribution >= 4 is 6.09 Å². The standard InChI is InChI=1S/C21H24FNO2/c1-12(2)13-6-5-7-14(8-13)16-9-15-11-21(3,4)19(23-20(24)25)17(15)10-18(16)22/h5-10,12,19,23H,11H2,1-4H3,(H,24,25)/t19-/m0/s1. The molecule has 0 aliphatic heterocycles. The van der Waals surface area contributed by atoms with Gasteiger partial charge in [-0.15, -0.1) is 0 Å². The molecular weight excluding hydrogens is 317 g/mol. The van der Waals surface area contributed by atoms with Crippen molar-refractivity contribution in [2.45, 2.75) is 46.1 Å². The lowest BCUT2D eigenvalue weighted by Gasteiger charge is -2.27. The van der Waals surface area contributed by atoms with Gasteiger partial charge >= 0.3 is 6.09 Å². The van der Waals surface area contributed by atoms with Gasteiger partial charge in [-0.25, -0.2) is 9.18 Å². The topological polar surface area (TPSA) is 49.3 Å². The minimum Gasteiger partial charge on any atom is -0.465 e. The summed E-state index contributed by atoms with van der Waals surface area (Å²) in [6.07, 6.45) is -0.371. The van der Waals surface area contributed by atoms with E-state index >= 15 is 0 Å². The summed E-state index contributed by atoms with van der Waals surface area (Å²) < 4.78 is 14.9. The predicted molar refractivity (Wildman–Crippen MR) is 97.3 cm³/mol. The Morgan fingerprint density at radius 1 is 1.28 bits per heavy atom. The number of hydrogen-bond donors (Lipinski definition) is 2. The smallest absolute Gasteiger partial charge is 0.405 e. The summed E-state index contributed by atoms with van der Waals surface area (Å²) in [6, 6.07) is 10.9. The van der Waals surface area contributed by atoms with Crippen molar-refractivity contribution in [1.29, 1.82) is 0 Å². The van der Waals surface area contributed by atoms with Crippen LogP contribution in [0.15, 0.2) is 36.4 Å². The average molecular weight is 341 g/mol. The fraction of sp³-hybridized carbons (Fsp3) is 0.381. The molecule has 0 bridgehead atoms. The largest absolute Gasteiger partial charge is 0.465 e. The van der Waals surface area contributed by atoms with Crippen LogP contribution in [0.25, 0.3) is 11.1 Å². The summed E-state index contributed by atoms with van der Waals surface area (Å²) in [5.41, 5.74) is 4.07. The molecule has 1 atom stereocenters. The molecule has 132 valence electrons. The molecule has 0 heterocycles. The van der Waals surface area contributed by atoms with Gasteiger partial charge in [-0.2, -0.15) is 0 Å². The molecule has 0 radical (unpaired) electrons. The summed E-state index contributed by atoms with van der Waals surface area (Å²) >= 11 is 0. The number of carbonyl (C=O) groups is 1. The first-order valence-electron chi connectivity index (χ1n) is 8.61. The molecule has 2 N–H and O–H groups in total. The van der Waals surface area contributed by atoms with E-state index in [4.69, 9.17) is 5.11 Å². The van der Waals surface area contributed by atoms with Crippen molar-refractivity contribution in [3.63, 3.8) is 0 Å². The lowest BCUT2D eigenvalue weighted by atomic mass is 9.85. The number of fused-ring (bicyclic) bond motifs is 1. The molecule has 2 aromatic rings. The molecule has 3 nitrogen and oxygen atoms in total. The molecule has 1 aliphatic carbocycles. The van der Waals surface area contributed by atoms with Gasteiger partial charge in [0.05, 0.1) is 6.04 Å². The van der Waals surface area contributed by atoms with Gasteiger partial charge < -0.3 is 10.4 Å². The molecule has 25 heavy (non-hydrogen) atoms. The SMILES string of the molecule is CC(C)c1cccc(-c2cc3c(cc2F)[C@H](NC(=O)O)C(C)(C)C3)c1. The Kier molecular flexibility index (Phi) is 4.31. The molecule has 4 heteroatoms. The van der Waals surface area contributed by atoms with Gasteiger partial charge in [0, 0.05) is 5.56 Å². The highest BCUT2D eigenvalue weighted by atomic mass is 19.1. The zero-order valence-corrected chi connectivity index (χ0v) is 15.1. The Labute approximate surface area is 147 Å². The van der Waals surface area contributed by atoms with Gasteiger partial charge in [0.1, 0.15) is 5.82 Å². The van der Waals surface area contributed by atoms with E-state index in [-0.39, 0.29) is 11.2 Å². The van der Waals surface area contributed by atoms with Gasteiger partial charge in [-0.3, -0.25) is 0 Å². The zero-order chi connectivity index (χ0) is 18.4. The maximum atomic E-state index is 14.9. The van der Waals surface area contributed by atoms with E-state index < -0.39 is 12.1 Å². The van der Waals surface area contributed by atoms with E-state index in [1.165, 1.54) is 11.6 Å². The Bertz CT molecular complexity index is 827. The minimum absolute atomic E-state index is 0.286. The third kappa shape index (κ3) is 3.26. The number of benzene rings is 2. The highest BCUT2D eigenvalue weighted by Gasteiger charge is 2.40. The lowest BCUT2D eigenvalue weighted by Crippen LogP contribution is -2.34. The lowest BCUT2D eigenvalue weighted by molar-refractivity contribution is 0.175. The van der Waals surface area contributed by atoms with Crippen LogP contribution >= 0.6 is 0 Å². The quantitative estimate of drug-likeness (QED) is 0.773. The number of amides is 1. The molecule has 0 unspecified atom stereocenters. The van der Waals surface area contributed by atoms with Crippen LogP contribution in [-0.2, 0) is 6.42 Å². The molecule has 3 rings (SSSR count). The summed E-state index contributed by atoms with van der Waals surface area (Å²) in [4.78, 5) is 11.1. The number of halogens is 1. The molecule has 0 saturated heterocycles. The molecule has 1 aliphatic rings. The molecule has 1 amide bonds. The summed E-state index contributed by atoms with van der Waals surface area (Å²) in [6.45, 7) is 8.24. The molecule has 0 aromatic heterocycles. The maximum absolute atomic E-state index is 14.9. The van der Waals surface area contributed by atoms with Crippen LogP contribution in [0.3, 0.4) is 0 Å². The number of nitrogens with one attached hydrogen (secondary N) is 1. The van der Waals surface area contributed by atoms with Crippen LogP contribution in [0, 0.1) is 11.2 Å². The van der Waals surface area contributed by atoms with Crippen molar-refractivity contribution in [1.82, 2.24) is 5.32 Å². The highest BCUT2D eigenvalue weighted by Crippen LogP contribution is 2.46. The van der Waals surface area contributed by atoms with Gasteiger partial charge in [-0.1, -0.05) is 52.0 Å². The van der Waals surface area contributed by atoms with E-state index in [2.05, 4.69) is 25.2 Å². The van der Waals surface area contributed by atoms with E-state index in [1.807, 2.05) is 38.1 Å². The summed E-state index contributed by atoms with van der Waals surface area (Å²) in [5.74, 6) is 0.0649. The van der Waals surface area contributed by atoms with Crippen LogP contribution in [0.1, 0.15) is 56.3 Å². The zero-order valence-electron chi connectivity index (χ0n) is 15.1. The first kappa shape index (κ1) is 17.5. The molecule has 0 saturated carbocycles. The minimum atomic E-state index is -1.08. The van der Waals surface area contributed by atoms with Crippen LogP contribution in [-0.4, -0.2) is 11.2 Å². The fourth-order valence-electron chi connectivity index (χ4n) is 3.75. The van der Waals surface area contributed by atoms with E-state index in [0.29, 0.717) is 17.9 Å². The van der Waals surface area contributed by atoms with Crippen LogP contribution in [0.5, 0.6) is 0 Å². The Morgan fingerprint density at radius 3 is 2.64 bits per heavy atom. The number of carboxylic acid groups (broad SMARTS) is 1. The second kappa shape index (κ2) is 6.17.